The lowest BCUT2D eigenvalue weighted by atomic mass is 10.1. The third-order valence-electron chi connectivity index (χ3n) is 2.34. The fourth-order valence-corrected chi connectivity index (χ4v) is 1.40. The average molecular weight is 217 g/mol. The molecule has 1 aromatic carbocycles. The van der Waals surface area contributed by atoms with Crippen LogP contribution in [0.5, 0.6) is 0 Å². The molecule has 84 valence electrons. The maximum Gasteiger partial charge on any atom is 0.218 e. The van der Waals surface area contributed by atoms with E-state index in [1.54, 1.807) is 6.07 Å². The van der Waals surface area contributed by atoms with Crippen molar-refractivity contribution >= 4 is 5.91 Å². The number of nitrogens with two attached hydrogens (primary N) is 1. The molecule has 3 N–H and O–H groups in total. The van der Waals surface area contributed by atoms with Crippen LogP contribution in [0.2, 0.25) is 0 Å². The molecule has 4 nitrogen and oxygen atoms in total. The minimum atomic E-state index is -0.302. The molecule has 0 unspecified atom stereocenters. The van der Waals surface area contributed by atoms with Crippen LogP contribution in [0.1, 0.15) is 23.1 Å². The van der Waals surface area contributed by atoms with Gasteiger partial charge in [-0.3, -0.25) is 4.79 Å². The normalized spacial score (nSPS) is 9.75. The Morgan fingerprint density at radius 2 is 2.31 bits per heavy atom. The fraction of sp³-hybridized carbons (Fsp3) is 0.333. The molecular weight excluding hydrogens is 202 g/mol. The largest absolute Gasteiger partial charge is 0.370 e. The smallest absolute Gasteiger partial charge is 0.218 e. The van der Waals surface area contributed by atoms with Crippen LogP contribution in [0.4, 0.5) is 0 Å². The lowest BCUT2D eigenvalue weighted by molar-refractivity contribution is -0.117. The third kappa shape index (κ3) is 3.71. The van der Waals surface area contributed by atoms with Crippen molar-refractivity contribution < 1.29 is 4.79 Å². The highest BCUT2D eigenvalue weighted by atomic mass is 16.1. The molecule has 0 fully saturated rings. The summed E-state index contributed by atoms with van der Waals surface area (Å²) in [5, 5.41) is 11.8. The summed E-state index contributed by atoms with van der Waals surface area (Å²) < 4.78 is 0. The Balaban J connectivity index is 2.49. The van der Waals surface area contributed by atoms with Crippen LogP contribution in [0.25, 0.3) is 0 Å². The van der Waals surface area contributed by atoms with Crippen LogP contribution in [-0.4, -0.2) is 12.5 Å². The molecule has 0 saturated carbocycles. The van der Waals surface area contributed by atoms with Crippen LogP contribution < -0.4 is 11.1 Å². The van der Waals surface area contributed by atoms with Crippen molar-refractivity contribution in [3.8, 4) is 6.07 Å². The van der Waals surface area contributed by atoms with E-state index in [-0.39, 0.29) is 5.91 Å². The second-order valence-electron chi connectivity index (χ2n) is 3.65. The highest BCUT2D eigenvalue weighted by Crippen LogP contribution is 2.10. The zero-order valence-electron chi connectivity index (χ0n) is 9.29. The monoisotopic (exact) mass is 217 g/mol. The van der Waals surface area contributed by atoms with E-state index >= 15 is 0 Å². The van der Waals surface area contributed by atoms with E-state index in [0.29, 0.717) is 25.1 Å². The summed E-state index contributed by atoms with van der Waals surface area (Å²) in [6.45, 7) is 3.23. The number of nitrogens with zero attached hydrogens (tertiary/aromatic N) is 1. The van der Waals surface area contributed by atoms with Crippen molar-refractivity contribution in [3.05, 3.63) is 34.9 Å². The van der Waals surface area contributed by atoms with E-state index < -0.39 is 0 Å². The first-order valence-corrected chi connectivity index (χ1v) is 5.12. The molecule has 1 amide bonds. The Morgan fingerprint density at radius 1 is 1.56 bits per heavy atom. The maximum atomic E-state index is 10.5. The SMILES string of the molecule is Cc1cc(C#N)ccc1CNCCC(N)=O. The molecule has 0 saturated heterocycles. The predicted molar refractivity (Wildman–Crippen MR) is 61.4 cm³/mol. The van der Waals surface area contributed by atoms with Crippen LogP contribution in [0.15, 0.2) is 18.2 Å². The van der Waals surface area contributed by atoms with Gasteiger partial charge in [-0.25, -0.2) is 0 Å². The van der Waals surface area contributed by atoms with Gasteiger partial charge in [-0.05, 0) is 30.2 Å². The number of aryl methyl sites for hydroxylation is 1. The molecule has 0 aromatic heterocycles. The number of hydrogen-bond donors (Lipinski definition) is 2. The van der Waals surface area contributed by atoms with Crippen molar-refractivity contribution in [2.75, 3.05) is 6.54 Å². The fourth-order valence-electron chi connectivity index (χ4n) is 1.40. The molecule has 16 heavy (non-hydrogen) atoms. The van der Waals surface area contributed by atoms with Gasteiger partial charge in [0, 0.05) is 19.5 Å². The van der Waals surface area contributed by atoms with Gasteiger partial charge in [-0.1, -0.05) is 6.07 Å². The molecule has 0 atom stereocenters. The molecule has 0 radical (unpaired) electrons. The number of amides is 1. The van der Waals surface area contributed by atoms with E-state index in [1.807, 2.05) is 19.1 Å². The number of hydrogen-bond acceptors (Lipinski definition) is 3. The van der Waals surface area contributed by atoms with Gasteiger partial charge in [0.2, 0.25) is 5.91 Å². The maximum absolute atomic E-state index is 10.5. The second-order valence-corrected chi connectivity index (χ2v) is 3.65. The summed E-state index contributed by atoms with van der Waals surface area (Å²) in [6.07, 6.45) is 0.343. The summed E-state index contributed by atoms with van der Waals surface area (Å²) in [5.74, 6) is -0.302. The van der Waals surface area contributed by atoms with Gasteiger partial charge in [0.15, 0.2) is 0 Å². The average Bonchev–Trinajstić information content (AvgIpc) is 2.25. The molecule has 0 aliphatic rings. The summed E-state index contributed by atoms with van der Waals surface area (Å²) >= 11 is 0. The minimum absolute atomic E-state index is 0.302. The standard InChI is InChI=1S/C12H15N3O/c1-9-6-10(7-13)2-3-11(9)8-15-5-4-12(14)16/h2-3,6,15H,4-5,8H2,1H3,(H2,14,16). The second kappa shape index (κ2) is 5.89. The lowest BCUT2D eigenvalue weighted by Gasteiger charge is -2.07. The van der Waals surface area contributed by atoms with Crippen molar-refractivity contribution in [2.45, 2.75) is 19.9 Å². The van der Waals surface area contributed by atoms with E-state index in [1.165, 1.54) is 0 Å². The summed E-state index contributed by atoms with van der Waals surface area (Å²) in [7, 11) is 0. The van der Waals surface area contributed by atoms with Crippen molar-refractivity contribution in [2.24, 2.45) is 5.73 Å². The molecule has 4 heteroatoms. The first kappa shape index (κ1) is 12.2. The first-order chi connectivity index (χ1) is 7.63. The summed E-state index contributed by atoms with van der Waals surface area (Å²) in [6, 6.07) is 7.66. The van der Waals surface area contributed by atoms with Gasteiger partial charge >= 0.3 is 0 Å². The van der Waals surface area contributed by atoms with Gasteiger partial charge in [0.25, 0.3) is 0 Å². The van der Waals surface area contributed by atoms with Gasteiger partial charge in [0.1, 0.15) is 0 Å². The number of carbonyl (C=O) groups is 1. The number of benzene rings is 1. The number of rotatable bonds is 5. The molecule has 1 aromatic rings. The first-order valence-electron chi connectivity index (χ1n) is 5.12. The number of nitriles is 1. The summed E-state index contributed by atoms with van der Waals surface area (Å²) in [5.41, 5.74) is 7.89. The Labute approximate surface area is 95.1 Å². The molecule has 1 rings (SSSR count). The van der Waals surface area contributed by atoms with Crippen molar-refractivity contribution in [1.29, 1.82) is 5.26 Å². The molecule has 0 heterocycles. The number of nitrogens with one attached hydrogen (secondary N) is 1. The Hall–Kier alpha value is -1.86. The number of primary amides is 1. The van der Waals surface area contributed by atoms with E-state index in [2.05, 4.69) is 11.4 Å². The molecular formula is C12H15N3O. The van der Waals surface area contributed by atoms with Crippen LogP contribution in [0.3, 0.4) is 0 Å². The van der Waals surface area contributed by atoms with E-state index in [0.717, 1.165) is 11.1 Å². The summed E-state index contributed by atoms with van der Waals surface area (Å²) in [4.78, 5) is 10.5. The Bertz CT molecular complexity index is 421. The zero-order valence-corrected chi connectivity index (χ0v) is 9.29. The van der Waals surface area contributed by atoms with Crippen molar-refractivity contribution in [3.63, 3.8) is 0 Å². The molecule has 0 aliphatic carbocycles. The van der Waals surface area contributed by atoms with Crippen LogP contribution in [0, 0.1) is 18.3 Å². The van der Waals surface area contributed by atoms with Gasteiger partial charge in [-0.15, -0.1) is 0 Å². The molecule has 0 bridgehead atoms. The highest BCUT2D eigenvalue weighted by molar-refractivity contribution is 5.73. The van der Waals surface area contributed by atoms with Gasteiger partial charge in [0.05, 0.1) is 11.6 Å². The van der Waals surface area contributed by atoms with Crippen LogP contribution in [-0.2, 0) is 11.3 Å². The van der Waals surface area contributed by atoms with E-state index in [9.17, 15) is 4.79 Å². The predicted octanol–water partition coefficient (Wildman–Crippen LogP) is 0.832. The zero-order chi connectivity index (χ0) is 12.0. The Morgan fingerprint density at radius 3 is 2.88 bits per heavy atom. The third-order valence-corrected chi connectivity index (χ3v) is 2.34. The molecule has 0 spiro atoms. The van der Waals surface area contributed by atoms with Gasteiger partial charge < -0.3 is 11.1 Å². The Kier molecular flexibility index (Phi) is 4.49. The van der Waals surface area contributed by atoms with Gasteiger partial charge in [-0.2, -0.15) is 5.26 Å². The van der Waals surface area contributed by atoms with Crippen molar-refractivity contribution in [1.82, 2.24) is 5.32 Å². The topological polar surface area (TPSA) is 78.9 Å². The lowest BCUT2D eigenvalue weighted by Crippen LogP contribution is -2.21. The van der Waals surface area contributed by atoms with E-state index in [4.69, 9.17) is 11.0 Å². The van der Waals surface area contributed by atoms with Crippen LogP contribution >= 0.6 is 0 Å². The minimum Gasteiger partial charge on any atom is -0.370 e. The quantitative estimate of drug-likeness (QED) is 0.717. The highest BCUT2D eigenvalue weighted by Gasteiger charge is 2.00. The number of carbonyl (C=O) groups excluding carboxylic acids is 1. The molecule has 0 aliphatic heterocycles.